The molecule has 190 valence electrons. The molecule has 0 saturated heterocycles. The Kier molecular flexibility index (Phi) is 7.66. The Bertz CT molecular complexity index is 1570. The summed E-state index contributed by atoms with van der Waals surface area (Å²) < 4.78 is 56.4. The number of halogens is 4. The number of hydrogen-bond donors (Lipinski definition) is 4. The van der Waals surface area contributed by atoms with Crippen molar-refractivity contribution in [1.29, 1.82) is 0 Å². The number of benzene rings is 2. The van der Waals surface area contributed by atoms with Crippen LogP contribution in [0, 0.1) is 0 Å². The summed E-state index contributed by atoms with van der Waals surface area (Å²) in [6, 6.07) is 13.0. The zero-order chi connectivity index (χ0) is 26.7. The molecule has 0 spiro atoms. The summed E-state index contributed by atoms with van der Waals surface area (Å²) in [4.78, 5) is 32.2. The van der Waals surface area contributed by atoms with Gasteiger partial charge in [0.25, 0.3) is 0 Å². The lowest BCUT2D eigenvalue weighted by Gasteiger charge is -2.08. The van der Waals surface area contributed by atoms with Crippen LogP contribution in [-0.2, 0) is 21.4 Å². The first-order valence-electron chi connectivity index (χ1n) is 9.63. The van der Waals surface area contributed by atoms with Gasteiger partial charge in [-0.05, 0) is 42.5 Å². The van der Waals surface area contributed by atoms with Crippen LogP contribution in [0.5, 0.6) is 0 Å². The molecule has 5 N–H and O–H groups in total. The maximum atomic E-state index is 12.4. The number of hydrogen-bond acceptors (Lipinski definition) is 7. The average molecular weight is 545 g/mol. The molecule has 36 heavy (non-hydrogen) atoms. The second-order valence-corrected chi connectivity index (χ2v) is 9.07. The van der Waals surface area contributed by atoms with Gasteiger partial charge in [0.05, 0.1) is 28.2 Å². The zero-order valence-corrected chi connectivity index (χ0v) is 19.4. The number of sulfonamides is 1. The predicted octanol–water partition coefficient (Wildman–Crippen LogP) is 2.85. The number of aliphatic carboxylic acids is 1. The molecule has 0 amide bonds. The quantitative estimate of drug-likeness (QED) is 0.297. The van der Waals surface area contributed by atoms with E-state index >= 15 is 0 Å². The third kappa shape index (κ3) is 6.80. The first kappa shape index (κ1) is 26.7. The van der Waals surface area contributed by atoms with Crippen LogP contribution in [0.2, 0.25) is 5.02 Å². The van der Waals surface area contributed by atoms with E-state index in [2.05, 4.69) is 20.3 Å². The van der Waals surface area contributed by atoms with Gasteiger partial charge < -0.3 is 15.4 Å². The third-order valence-electron chi connectivity index (χ3n) is 4.48. The Labute approximate surface area is 205 Å². The molecule has 0 radical (unpaired) electrons. The molecule has 0 aliphatic carbocycles. The number of alkyl halides is 3. The fourth-order valence-electron chi connectivity index (χ4n) is 2.86. The number of nitrogens with one attached hydrogen (secondary N) is 2. The number of anilines is 2. The lowest BCUT2D eigenvalue weighted by Crippen LogP contribution is -2.21. The number of carboxylic acid groups (broad SMARTS) is 1. The SMILES string of the molecule is NS(=O)(=O)c1ccc2[nH]c(=O)n(Cc3cc(Nc4ccc(Cl)cc4)ncn3)c2c1.O=C(O)C(F)(F)F. The fraction of sp³-hybridized carbons (Fsp3) is 0.100. The van der Waals surface area contributed by atoms with Gasteiger partial charge in [-0.25, -0.2) is 33.1 Å². The van der Waals surface area contributed by atoms with Crippen molar-refractivity contribution in [2.45, 2.75) is 17.6 Å². The van der Waals surface area contributed by atoms with Crippen LogP contribution in [0.1, 0.15) is 5.69 Å². The zero-order valence-electron chi connectivity index (χ0n) is 17.8. The van der Waals surface area contributed by atoms with Crippen LogP contribution in [0.15, 0.2) is 64.5 Å². The van der Waals surface area contributed by atoms with Crippen LogP contribution in [0.25, 0.3) is 11.0 Å². The van der Waals surface area contributed by atoms with Gasteiger partial charge >= 0.3 is 17.8 Å². The Morgan fingerprint density at radius 2 is 1.78 bits per heavy atom. The van der Waals surface area contributed by atoms with E-state index in [4.69, 9.17) is 26.6 Å². The topological polar surface area (TPSA) is 173 Å². The van der Waals surface area contributed by atoms with Gasteiger partial charge in [-0.1, -0.05) is 11.6 Å². The molecule has 2 aromatic carbocycles. The fourth-order valence-corrected chi connectivity index (χ4v) is 3.52. The highest BCUT2D eigenvalue weighted by atomic mass is 35.5. The number of rotatable bonds is 5. The molecule has 0 saturated carbocycles. The molecule has 11 nitrogen and oxygen atoms in total. The van der Waals surface area contributed by atoms with E-state index in [1.165, 1.54) is 29.1 Å². The van der Waals surface area contributed by atoms with Crippen molar-refractivity contribution in [3.05, 3.63) is 76.1 Å². The maximum absolute atomic E-state index is 12.4. The van der Waals surface area contributed by atoms with Gasteiger partial charge in [-0.3, -0.25) is 4.57 Å². The third-order valence-corrected chi connectivity index (χ3v) is 5.64. The lowest BCUT2D eigenvalue weighted by atomic mass is 10.3. The molecule has 0 bridgehead atoms. The van der Waals surface area contributed by atoms with E-state index in [1.54, 1.807) is 18.2 Å². The predicted molar refractivity (Wildman–Crippen MR) is 123 cm³/mol. The van der Waals surface area contributed by atoms with Crippen molar-refractivity contribution in [3.63, 3.8) is 0 Å². The normalized spacial score (nSPS) is 11.6. The van der Waals surface area contributed by atoms with Crippen molar-refractivity contribution in [1.82, 2.24) is 19.5 Å². The number of aromatic nitrogens is 4. The smallest absolute Gasteiger partial charge is 0.475 e. The molecule has 2 aromatic heterocycles. The number of imidazole rings is 1. The second kappa shape index (κ2) is 10.3. The summed E-state index contributed by atoms with van der Waals surface area (Å²) in [6.07, 6.45) is -3.71. The Hall–Kier alpha value is -3.95. The second-order valence-electron chi connectivity index (χ2n) is 7.07. The molecule has 0 aliphatic heterocycles. The Morgan fingerprint density at radius 1 is 1.14 bits per heavy atom. The molecule has 0 unspecified atom stereocenters. The highest BCUT2D eigenvalue weighted by Crippen LogP contribution is 2.19. The lowest BCUT2D eigenvalue weighted by molar-refractivity contribution is -0.192. The number of carbonyl (C=O) groups is 1. The molecule has 16 heteroatoms. The first-order valence-corrected chi connectivity index (χ1v) is 11.6. The highest BCUT2D eigenvalue weighted by Gasteiger charge is 2.38. The van der Waals surface area contributed by atoms with Crippen LogP contribution in [0.3, 0.4) is 0 Å². The minimum atomic E-state index is -5.08. The summed E-state index contributed by atoms with van der Waals surface area (Å²) in [6.45, 7) is 0.116. The van der Waals surface area contributed by atoms with E-state index < -0.39 is 27.9 Å². The van der Waals surface area contributed by atoms with Crippen LogP contribution in [-0.4, -0.2) is 45.2 Å². The molecule has 4 rings (SSSR count). The summed E-state index contributed by atoms with van der Waals surface area (Å²) >= 11 is 5.89. The first-order chi connectivity index (χ1) is 16.7. The highest BCUT2D eigenvalue weighted by molar-refractivity contribution is 7.89. The number of fused-ring (bicyclic) bond motifs is 1. The standard InChI is InChI=1S/C18H15ClN6O3S.C2HF3O2/c19-11-1-3-12(4-2-11)23-17-7-13(21-10-22-17)9-25-16-8-14(29(20,27)28)5-6-15(16)24-18(25)26;3-2(4,5)1(6)7/h1-8,10H,9H2,(H,24,26)(H2,20,27,28)(H,21,22,23);(H,6,7). The van der Waals surface area contributed by atoms with E-state index in [-0.39, 0.29) is 11.4 Å². The van der Waals surface area contributed by atoms with Crippen molar-refractivity contribution in [3.8, 4) is 0 Å². The van der Waals surface area contributed by atoms with Crippen molar-refractivity contribution >= 4 is 50.1 Å². The maximum Gasteiger partial charge on any atom is 0.490 e. The number of carboxylic acids is 1. The number of aromatic amines is 1. The van der Waals surface area contributed by atoms with Crippen molar-refractivity contribution < 1.29 is 31.5 Å². The molecular formula is C20H16ClF3N6O5S. The summed E-state index contributed by atoms with van der Waals surface area (Å²) in [5.41, 5.74) is 1.86. The number of nitrogens with zero attached hydrogens (tertiary/aromatic N) is 3. The van der Waals surface area contributed by atoms with Crippen LogP contribution < -0.4 is 16.1 Å². The molecular weight excluding hydrogens is 529 g/mol. The number of H-pyrrole nitrogens is 1. The van der Waals surface area contributed by atoms with Gasteiger partial charge in [-0.2, -0.15) is 13.2 Å². The van der Waals surface area contributed by atoms with Gasteiger partial charge in [0.1, 0.15) is 12.1 Å². The van der Waals surface area contributed by atoms with Crippen molar-refractivity contribution in [2.75, 3.05) is 5.32 Å². The van der Waals surface area contributed by atoms with Crippen LogP contribution >= 0.6 is 11.6 Å². The van der Waals surface area contributed by atoms with Crippen LogP contribution in [0.4, 0.5) is 24.7 Å². The molecule has 0 fully saturated rings. The minimum Gasteiger partial charge on any atom is -0.475 e. The molecule has 2 heterocycles. The summed E-state index contributed by atoms with van der Waals surface area (Å²) in [7, 11) is -3.89. The molecule has 4 aromatic rings. The monoisotopic (exact) mass is 544 g/mol. The minimum absolute atomic E-state index is 0.0782. The van der Waals surface area contributed by atoms with E-state index in [1.807, 2.05) is 12.1 Å². The Balaban J connectivity index is 0.000000454. The van der Waals surface area contributed by atoms with E-state index in [0.29, 0.717) is 27.6 Å². The van der Waals surface area contributed by atoms with E-state index in [0.717, 1.165) is 5.69 Å². The summed E-state index contributed by atoms with van der Waals surface area (Å²) in [5, 5.41) is 16.1. The van der Waals surface area contributed by atoms with E-state index in [9.17, 15) is 26.4 Å². The molecule has 0 aliphatic rings. The average Bonchev–Trinajstić information content (AvgIpc) is 3.09. The Morgan fingerprint density at radius 3 is 2.36 bits per heavy atom. The van der Waals surface area contributed by atoms with Crippen molar-refractivity contribution in [2.24, 2.45) is 5.14 Å². The van der Waals surface area contributed by atoms with Gasteiger partial charge in [-0.15, -0.1) is 0 Å². The summed E-state index contributed by atoms with van der Waals surface area (Å²) in [5.74, 6) is -2.22. The van der Waals surface area contributed by atoms with Gasteiger partial charge in [0.2, 0.25) is 10.0 Å². The van der Waals surface area contributed by atoms with Gasteiger partial charge in [0, 0.05) is 16.8 Å². The largest absolute Gasteiger partial charge is 0.490 e. The van der Waals surface area contributed by atoms with Gasteiger partial charge in [0.15, 0.2) is 0 Å². The molecule has 0 atom stereocenters. The number of nitrogens with two attached hydrogens (primary N) is 1. The number of primary sulfonamides is 1.